The van der Waals surface area contributed by atoms with E-state index in [0.29, 0.717) is 18.9 Å². The number of hydrogen-bond donors (Lipinski definition) is 1. The Morgan fingerprint density at radius 2 is 1.86 bits per heavy atom. The quantitative estimate of drug-likeness (QED) is 0.925. The SMILES string of the molecule is CN(C1CCC(CO)CC1)S(=O)(=O)c1ccc(F)cc1F. The van der Waals surface area contributed by atoms with Gasteiger partial charge in [-0.3, -0.25) is 0 Å². The van der Waals surface area contributed by atoms with E-state index in [-0.39, 0.29) is 18.6 Å². The van der Waals surface area contributed by atoms with E-state index < -0.39 is 26.6 Å². The smallest absolute Gasteiger partial charge is 0.245 e. The van der Waals surface area contributed by atoms with Crippen LogP contribution in [0.2, 0.25) is 0 Å². The van der Waals surface area contributed by atoms with Gasteiger partial charge in [-0.2, -0.15) is 4.31 Å². The first-order valence-corrected chi connectivity index (χ1v) is 8.34. The average Bonchev–Trinajstić information content (AvgIpc) is 2.46. The molecule has 21 heavy (non-hydrogen) atoms. The van der Waals surface area contributed by atoms with Gasteiger partial charge in [0.25, 0.3) is 0 Å². The fourth-order valence-electron chi connectivity index (χ4n) is 2.73. The molecule has 1 aromatic carbocycles. The molecule has 118 valence electrons. The first-order valence-electron chi connectivity index (χ1n) is 6.90. The van der Waals surface area contributed by atoms with E-state index in [1.54, 1.807) is 0 Å². The molecule has 0 saturated heterocycles. The standard InChI is InChI=1S/C14H19F2NO3S/c1-17(12-5-2-10(9-18)3-6-12)21(19,20)14-7-4-11(15)8-13(14)16/h4,7-8,10,12,18H,2-3,5-6,9H2,1H3. The van der Waals surface area contributed by atoms with Gasteiger partial charge in [0, 0.05) is 25.8 Å². The van der Waals surface area contributed by atoms with Gasteiger partial charge < -0.3 is 5.11 Å². The Morgan fingerprint density at radius 3 is 2.38 bits per heavy atom. The van der Waals surface area contributed by atoms with Crippen LogP contribution >= 0.6 is 0 Å². The van der Waals surface area contributed by atoms with Crippen LogP contribution in [0.1, 0.15) is 25.7 Å². The van der Waals surface area contributed by atoms with E-state index in [1.165, 1.54) is 7.05 Å². The maximum atomic E-state index is 13.7. The molecule has 0 aliphatic heterocycles. The summed E-state index contributed by atoms with van der Waals surface area (Å²) in [6.45, 7) is 0.107. The van der Waals surface area contributed by atoms with Crippen molar-refractivity contribution in [1.29, 1.82) is 0 Å². The van der Waals surface area contributed by atoms with Crippen molar-refractivity contribution in [3.63, 3.8) is 0 Å². The predicted octanol–water partition coefficient (Wildman–Crippen LogP) is 2.14. The van der Waals surface area contributed by atoms with Crippen LogP contribution in [0.3, 0.4) is 0 Å². The van der Waals surface area contributed by atoms with Crippen LogP contribution in [0.4, 0.5) is 8.78 Å². The summed E-state index contributed by atoms with van der Waals surface area (Å²) in [6.07, 6.45) is 2.74. The minimum atomic E-state index is -3.98. The molecule has 0 amide bonds. The molecule has 0 heterocycles. The lowest BCUT2D eigenvalue weighted by atomic mass is 9.87. The van der Waals surface area contributed by atoms with E-state index in [1.807, 2.05) is 0 Å². The number of rotatable bonds is 4. The molecule has 2 rings (SSSR count). The number of benzene rings is 1. The number of hydrogen-bond acceptors (Lipinski definition) is 3. The molecular weight excluding hydrogens is 300 g/mol. The Morgan fingerprint density at radius 1 is 1.24 bits per heavy atom. The van der Waals surface area contributed by atoms with Crippen LogP contribution in [0.15, 0.2) is 23.1 Å². The van der Waals surface area contributed by atoms with E-state index in [0.717, 1.165) is 29.3 Å². The van der Waals surface area contributed by atoms with Crippen LogP contribution in [0.5, 0.6) is 0 Å². The van der Waals surface area contributed by atoms with Crippen LogP contribution in [-0.2, 0) is 10.0 Å². The molecule has 1 fully saturated rings. The second-order valence-electron chi connectivity index (χ2n) is 5.45. The largest absolute Gasteiger partial charge is 0.396 e. The fourth-order valence-corrected chi connectivity index (χ4v) is 4.19. The van der Waals surface area contributed by atoms with Gasteiger partial charge in [0.1, 0.15) is 16.5 Å². The van der Waals surface area contributed by atoms with Gasteiger partial charge in [0.2, 0.25) is 10.0 Å². The third-order valence-corrected chi connectivity index (χ3v) is 6.08. The minimum Gasteiger partial charge on any atom is -0.396 e. The molecule has 0 aromatic heterocycles. The molecule has 0 bridgehead atoms. The van der Waals surface area contributed by atoms with Crippen molar-refractivity contribution in [1.82, 2.24) is 4.31 Å². The average molecular weight is 319 g/mol. The molecule has 0 atom stereocenters. The Bertz CT molecular complexity index is 598. The van der Waals surface area contributed by atoms with Crippen molar-refractivity contribution in [2.75, 3.05) is 13.7 Å². The van der Waals surface area contributed by atoms with Crippen LogP contribution in [0.25, 0.3) is 0 Å². The fraction of sp³-hybridized carbons (Fsp3) is 0.571. The first-order chi connectivity index (χ1) is 9.86. The highest BCUT2D eigenvalue weighted by molar-refractivity contribution is 7.89. The van der Waals surface area contributed by atoms with E-state index in [4.69, 9.17) is 5.11 Å². The number of sulfonamides is 1. The van der Waals surface area contributed by atoms with Crippen molar-refractivity contribution in [2.24, 2.45) is 5.92 Å². The lowest BCUT2D eigenvalue weighted by Gasteiger charge is -2.33. The summed E-state index contributed by atoms with van der Waals surface area (Å²) in [4.78, 5) is -0.504. The molecule has 1 N–H and O–H groups in total. The summed E-state index contributed by atoms with van der Waals surface area (Å²) in [5.74, 6) is -1.68. The van der Waals surface area contributed by atoms with Crippen molar-refractivity contribution >= 4 is 10.0 Å². The highest BCUT2D eigenvalue weighted by atomic mass is 32.2. The van der Waals surface area contributed by atoms with Crippen LogP contribution in [0, 0.1) is 17.6 Å². The van der Waals surface area contributed by atoms with Crippen molar-refractivity contribution < 1.29 is 22.3 Å². The van der Waals surface area contributed by atoms with Gasteiger partial charge >= 0.3 is 0 Å². The highest BCUT2D eigenvalue weighted by Crippen LogP contribution is 2.30. The first kappa shape index (κ1) is 16.3. The Kier molecular flexibility index (Phi) is 4.95. The topological polar surface area (TPSA) is 57.6 Å². The zero-order valence-electron chi connectivity index (χ0n) is 11.8. The van der Waals surface area contributed by atoms with Crippen molar-refractivity contribution in [3.05, 3.63) is 29.8 Å². The lowest BCUT2D eigenvalue weighted by Crippen LogP contribution is -2.40. The summed E-state index contributed by atoms with van der Waals surface area (Å²) in [7, 11) is -2.56. The van der Waals surface area contributed by atoms with Crippen molar-refractivity contribution in [3.8, 4) is 0 Å². The molecule has 1 aromatic rings. The summed E-state index contributed by atoms with van der Waals surface area (Å²) in [5, 5.41) is 9.10. The number of aliphatic hydroxyl groups excluding tert-OH is 1. The molecule has 1 aliphatic rings. The van der Waals surface area contributed by atoms with Gasteiger partial charge in [-0.25, -0.2) is 17.2 Å². The van der Waals surface area contributed by atoms with Gasteiger partial charge in [-0.15, -0.1) is 0 Å². The molecule has 4 nitrogen and oxygen atoms in total. The Hall–Kier alpha value is -1.05. The third kappa shape index (κ3) is 3.41. The number of halogens is 2. The second kappa shape index (κ2) is 6.37. The third-order valence-electron chi connectivity index (χ3n) is 4.14. The zero-order chi connectivity index (χ0) is 15.6. The summed E-state index contributed by atoms with van der Waals surface area (Å²) in [5.41, 5.74) is 0. The Labute approximate surface area is 123 Å². The molecule has 1 aliphatic carbocycles. The molecular formula is C14H19F2NO3S. The van der Waals surface area contributed by atoms with E-state index in [2.05, 4.69) is 0 Å². The van der Waals surface area contributed by atoms with Gasteiger partial charge in [0.15, 0.2) is 0 Å². The van der Waals surface area contributed by atoms with Gasteiger partial charge in [0.05, 0.1) is 0 Å². The van der Waals surface area contributed by atoms with Crippen LogP contribution < -0.4 is 0 Å². The minimum absolute atomic E-state index is 0.107. The van der Waals surface area contributed by atoms with E-state index >= 15 is 0 Å². The van der Waals surface area contributed by atoms with Crippen LogP contribution in [-0.4, -0.2) is 37.5 Å². The highest BCUT2D eigenvalue weighted by Gasteiger charge is 2.32. The lowest BCUT2D eigenvalue weighted by molar-refractivity contribution is 0.159. The molecule has 7 heteroatoms. The monoisotopic (exact) mass is 319 g/mol. The molecule has 0 spiro atoms. The number of nitrogens with zero attached hydrogens (tertiary/aromatic N) is 1. The molecule has 1 saturated carbocycles. The summed E-state index contributed by atoms with van der Waals surface area (Å²) < 4.78 is 52.6. The van der Waals surface area contributed by atoms with Gasteiger partial charge in [-0.1, -0.05) is 0 Å². The summed E-state index contributed by atoms with van der Waals surface area (Å²) >= 11 is 0. The normalized spacial score (nSPS) is 23.5. The Balaban J connectivity index is 2.19. The van der Waals surface area contributed by atoms with E-state index in [9.17, 15) is 17.2 Å². The molecule has 0 radical (unpaired) electrons. The van der Waals surface area contributed by atoms with Gasteiger partial charge in [-0.05, 0) is 43.7 Å². The maximum absolute atomic E-state index is 13.7. The summed E-state index contributed by atoms with van der Waals surface area (Å²) in [6, 6.07) is 2.24. The van der Waals surface area contributed by atoms with Crippen molar-refractivity contribution in [2.45, 2.75) is 36.6 Å². The maximum Gasteiger partial charge on any atom is 0.245 e. The zero-order valence-corrected chi connectivity index (χ0v) is 12.6. The number of aliphatic hydroxyl groups is 1. The molecule has 0 unspecified atom stereocenters. The second-order valence-corrected chi connectivity index (χ2v) is 7.42. The predicted molar refractivity (Wildman–Crippen MR) is 74.1 cm³/mol.